The maximum absolute atomic E-state index is 12.9. The SMILES string of the molecule is O=C(NCc1cc(-c2ccc(F)cc2)on1)c1ccc[nH]c1=O. The number of carbonyl (C=O) groups excluding carboxylic acids is 1. The zero-order valence-electron chi connectivity index (χ0n) is 11.9. The second-order valence-corrected chi connectivity index (χ2v) is 4.78. The molecule has 6 nitrogen and oxygen atoms in total. The number of halogens is 1. The number of nitrogens with one attached hydrogen (secondary N) is 2. The van der Waals surface area contributed by atoms with Gasteiger partial charge in [-0.25, -0.2) is 4.39 Å². The second-order valence-electron chi connectivity index (χ2n) is 4.78. The van der Waals surface area contributed by atoms with Crippen LogP contribution in [0.25, 0.3) is 11.3 Å². The van der Waals surface area contributed by atoms with Crippen molar-refractivity contribution in [3.63, 3.8) is 0 Å². The first kappa shape index (κ1) is 14.7. The zero-order chi connectivity index (χ0) is 16.2. The van der Waals surface area contributed by atoms with E-state index in [0.29, 0.717) is 17.0 Å². The van der Waals surface area contributed by atoms with Gasteiger partial charge in [0.1, 0.15) is 17.1 Å². The number of hydrogen-bond acceptors (Lipinski definition) is 4. The van der Waals surface area contributed by atoms with Gasteiger partial charge in [-0.3, -0.25) is 9.59 Å². The standard InChI is InChI=1S/C16H12FN3O3/c17-11-5-3-10(4-6-11)14-8-12(20-23-14)9-19-16(22)13-2-1-7-18-15(13)21/h1-8H,9H2,(H,18,21)(H,19,22). The average molecular weight is 313 g/mol. The first-order valence-electron chi connectivity index (χ1n) is 6.81. The molecule has 0 fully saturated rings. The third-order valence-corrected chi connectivity index (χ3v) is 3.18. The van der Waals surface area contributed by atoms with Gasteiger partial charge < -0.3 is 14.8 Å². The van der Waals surface area contributed by atoms with Gasteiger partial charge in [0.2, 0.25) is 0 Å². The Morgan fingerprint density at radius 2 is 2.04 bits per heavy atom. The summed E-state index contributed by atoms with van der Waals surface area (Å²) in [6, 6.07) is 10.4. The molecule has 0 spiro atoms. The maximum Gasteiger partial charge on any atom is 0.260 e. The molecule has 0 bridgehead atoms. The monoisotopic (exact) mass is 313 g/mol. The van der Waals surface area contributed by atoms with E-state index >= 15 is 0 Å². The number of hydrogen-bond donors (Lipinski definition) is 2. The van der Waals surface area contributed by atoms with Crippen molar-refractivity contribution < 1.29 is 13.7 Å². The van der Waals surface area contributed by atoms with E-state index in [9.17, 15) is 14.0 Å². The lowest BCUT2D eigenvalue weighted by atomic mass is 10.1. The van der Waals surface area contributed by atoms with Gasteiger partial charge in [0, 0.05) is 17.8 Å². The van der Waals surface area contributed by atoms with Crippen molar-refractivity contribution in [2.75, 3.05) is 0 Å². The Labute approximate surface area is 129 Å². The topological polar surface area (TPSA) is 88.0 Å². The number of pyridine rings is 1. The number of aromatic nitrogens is 2. The lowest BCUT2D eigenvalue weighted by molar-refractivity contribution is 0.0948. The third kappa shape index (κ3) is 3.34. The van der Waals surface area contributed by atoms with Crippen LogP contribution in [-0.2, 0) is 6.54 Å². The van der Waals surface area contributed by atoms with Gasteiger partial charge in [-0.05, 0) is 36.4 Å². The molecular formula is C16H12FN3O3. The molecule has 0 atom stereocenters. The van der Waals surface area contributed by atoms with Gasteiger partial charge in [-0.2, -0.15) is 0 Å². The number of benzene rings is 1. The Kier molecular flexibility index (Phi) is 4.01. The fourth-order valence-corrected chi connectivity index (χ4v) is 2.01. The Hall–Kier alpha value is -3.22. The lowest BCUT2D eigenvalue weighted by Crippen LogP contribution is -2.28. The summed E-state index contributed by atoms with van der Waals surface area (Å²) in [6.45, 7) is 0.109. The van der Waals surface area contributed by atoms with Crippen molar-refractivity contribution >= 4 is 5.91 Å². The molecule has 2 aromatic heterocycles. The number of nitrogens with zero attached hydrogens (tertiary/aromatic N) is 1. The molecule has 1 amide bonds. The number of rotatable bonds is 4. The molecular weight excluding hydrogens is 301 g/mol. The van der Waals surface area contributed by atoms with Gasteiger partial charge >= 0.3 is 0 Å². The summed E-state index contributed by atoms with van der Waals surface area (Å²) < 4.78 is 18.0. The maximum atomic E-state index is 12.9. The molecule has 23 heavy (non-hydrogen) atoms. The zero-order valence-corrected chi connectivity index (χ0v) is 11.9. The Morgan fingerprint density at radius 3 is 2.78 bits per heavy atom. The Balaban J connectivity index is 1.68. The molecule has 0 radical (unpaired) electrons. The van der Waals surface area contributed by atoms with E-state index in [-0.39, 0.29) is 17.9 Å². The van der Waals surface area contributed by atoms with Gasteiger partial charge in [-0.15, -0.1) is 0 Å². The highest BCUT2D eigenvalue weighted by atomic mass is 19.1. The van der Waals surface area contributed by atoms with E-state index in [2.05, 4.69) is 15.5 Å². The van der Waals surface area contributed by atoms with E-state index in [0.717, 1.165) is 0 Å². The van der Waals surface area contributed by atoms with Gasteiger partial charge in [0.05, 0.1) is 6.54 Å². The van der Waals surface area contributed by atoms with Crippen LogP contribution in [0.3, 0.4) is 0 Å². The van der Waals surface area contributed by atoms with Crippen molar-refractivity contribution in [2.45, 2.75) is 6.54 Å². The second kappa shape index (κ2) is 6.27. The van der Waals surface area contributed by atoms with Gasteiger partial charge in [0.15, 0.2) is 5.76 Å². The van der Waals surface area contributed by atoms with Crippen LogP contribution >= 0.6 is 0 Å². The third-order valence-electron chi connectivity index (χ3n) is 3.18. The molecule has 1 aromatic carbocycles. The molecule has 3 aromatic rings. The van der Waals surface area contributed by atoms with E-state index in [4.69, 9.17) is 4.52 Å². The summed E-state index contributed by atoms with van der Waals surface area (Å²) in [6.07, 6.45) is 1.45. The van der Waals surface area contributed by atoms with Crippen LogP contribution in [0.15, 0.2) is 58.0 Å². The Morgan fingerprint density at radius 1 is 1.26 bits per heavy atom. The van der Waals surface area contributed by atoms with E-state index in [1.807, 2.05) is 0 Å². The Bertz CT molecular complexity index is 884. The highest BCUT2D eigenvalue weighted by molar-refractivity contribution is 5.93. The molecule has 0 unspecified atom stereocenters. The van der Waals surface area contributed by atoms with Crippen LogP contribution in [0, 0.1) is 5.82 Å². The summed E-state index contributed by atoms with van der Waals surface area (Å²) in [5.41, 5.74) is 0.730. The number of carbonyl (C=O) groups is 1. The van der Waals surface area contributed by atoms with Gasteiger partial charge in [-0.1, -0.05) is 5.16 Å². The largest absolute Gasteiger partial charge is 0.356 e. The fourth-order valence-electron chi connectivity index (χ4n) is 2.01. The normalized spacial score (nSPS) is 10.5. The number of H-pyrrole nitrogens is 1. The molecule has 7 heteroatoms. The highest BCUT2D eigenvalue weighted by Crippen LogP contribution is 2.20. The first-order valence-corrected chi connectivity index (χ1v) is 6.81. The van der Waals surface area contributed by atoms with E-state index < -0.39 is 11.5 Å². The summed E-state index contributed by atoms with van der Waals surface area (Å²) in [5, 5.41) is 6.42. The minimum Gasteiger partial charge on any atom is -0.356 e. The minimum absolute atomic E-state index is 0.0229. The molecule has 0 aliphatic rings. The van der Waals surface area contributed by atoms with E-state index in [1.165, 1.54) is 24.4 Å². The van der Waals surface area contributed by atoms with Crippen molar-refractivity contribution in [2.24, 2.45) is 0 Å². The fraction of sp³-hybridized carbons (Fsp3) is 0.0625. The van der Waals surface area contributed by atoms with Crippen LogP contribution in [0.2, 0.25) is 0 Å². The smallest absolute Gasteiger partial charge is 0.260 e. The molecule has 116 valence electrons. The molecule has 2 N–H and O–H groups in total. The molecule has 0 aliphatic carbocycles. The van der Waals surface area contributed by atoms with Crippen LogP contribution in [0.5, 0.6) is 0 Å². The van der Waals surface area contributed by atoms with Crippen molar-refractivity contribution in [1.82, 2.24) is 15.5 Å². The molecule has 0 saturated heterocycles. The van der Waals surface area contributed by atoms with Crippen molar-refractivity contribution in [1.29, 1.82) is 0 Å². The van der Waals surface area contributed by atoms with Crippen LogP contribution in [0.1, 0.15) is 16.1 Å². The minimum atomic E-state index is -0.502. The van der Waals surface area contributed by atoms with Crippen molar-refractivity contribution in [3.05, 3.63) is 76.1 Å². The molecule has 3 rings (SSSR count). The first-order chi connectivity index (χ1) is 11.1. The summed E-state index contributed by atoms with van der Waals surface area (Å²) >= 11 is 0. The molecule has 0 aliphatic heterocycles. The molecule has 2 heterocycles. The van der Waals surface area contributed by atoms with Gasteiger partial charge in [0.25, 0.3) is 11.5 Å². The summed E-state index contributed by atoms with van der Waals surface area (Å²) in [4.78, 5) is 25.9. The summed E-state index contributed by atoms with van der Waals surface area (Å²) in [7, 11) is 0. The number of amides is 1. The average Bonchev–Trinajstić information content (AvgIpc) is 3.03. The van der Waals surface area contributed by atoms with Crippen LogP contribution in [-0.4, -0.2) is 16.0 Å². The van der Waals surface area contributed by atoms with Crippen molar-refractivity contribution in [3.8, 4) is 11.3 Å². The van der Waals surface area contributed by atoms with Crippen LogP contribution < -0.4 is 10.9 Å². The quantitative estimate of drug-likeness (QED) is 0.772. The highest BCUT2D eigenvalue weighted by Gasteiger charge is 2.11. The predicted molar refractivity (Wildman–Crippen MR) is 80.1 cm³/mol. The van der Waals surface area contributed by atoms with Crippen LogP contribution in [0.4, 0.5) is 4.39 Å². The summed E-state index contributed by atoms with van der Waals surface area (Å²) in [5.74, 6) is -0.376. The predicted octanol–water partition coefficient (Wildman–Crippen LogP) is 2.10. The van der Waals surface area contributed by atoms with E-state index in [1.54, 1.807) is 24.3 Å². The lowest BCUT2D eigenvalue weighted by Gasteiger charge is -2.01. The molecule has 0 saturated carbocycles. The number of aromatic amines is 1.